The van der Waals surface area contributed by atoms with Gasteiger partial charge in [0.1, 0.15) is 0 Å². The average molecular weight is 303 g/mol. The van der Waals surface area contributed by atoms with Crippen molar-refractivity contribution in [3.05, 3.63) is 39.4 Å². The Morgan fingerprint density at radius 3 is 2.46 bits per heavy atom. The molecule has 0 aliphatic heterocycles. The molecule has 0 unspecified atom stereocenters. The third kappa shape index (κ3) is 1.69. The van der Waals surface area contributed by atoms with E-state index < -0.39 is 0 Å². The molecule has 0 bridgehead atoms. The molecular formula is C9H5Br2NO. The van der Waals surface area contributed by atoms with E-state index >= 15 is 0 Å². The number of hydrogen-bond acceptors (Lipinski definition) is 2. The molecule has 0 radical (unpaired) electrons. The maximum Gasteiger partial charge on any atom is 0.182 e. The quantitative estimate of drug-likeness (QED) is 0.799. The number of halogens is 2. The molecule has 0 aliphatic rings. The summed E-state index contributed by atoms with van der Waals surface area (Å²) in [5, 5.41) is 3.70. The fraction of sp³-hybridized carbons (Fsp3) is 0. The fourth-order valence-corrected chi connectivity index (χ4v) is 1.89. The van der Waals surface area contributed by atoms with Gasteiger partial charge in [-0.3, -0.25) is 0 Å². The van der Waals surface area contributed by atoms with Crippen LogP contribution >= 0.6 is 31.9 Å². The first kappa shape index (κ1) is 8.97. The van der Waals surface area contributed by atoms with E-state index in [0.29, 0.717) is 0 Å². The van der Waals surface area contributed by atoms with Crippen LogP contribution in [0.1, 0.15) is 0 Å². The van der Waals surface area contributed by atoms with Crippen LogP contribution < -0.4 is 0 Å². The van der Waals surface area contributed by atoms with Gasteiger partial charge in [-0.2, -0.15) is 0 Å². The van der Waals surface area contributed by atoms with E-state index in [1.165, 1.54) is 0 Å². The molecule has 0 saturated carbocycles. The second-order valence-corrected chi connectivity index (χ2v) is 4.19. The molecule has 0 saturated heterocycles. The van der Waals surface area contributed by atoms with Gasteiger partial charge in [-0.05, 0) is 28.1 Å². The lowest BCUT2D eigenvalue weighted by molar-refractivity contribution is 0.432. The predicted octanol–water partition coefficient (Wildman–Crippen LogP) is 3.87. The highest BCUT2D eigenvalue weighted by Crippen LogP contribution is 2.32. The first-order valence-corrected chi connectivity index (χ1v) is 5.22. The molecule has 2 rings (SSSR count). The van der Waals surface area contributed by atoms with Crippen LogP contribution in [-0.2, 0) is 0 Å². The molecule has 0 fully saturated rings. The van der Waals surface area contributed by atoms with Crippen molar-refractivity contribution >= 4 is 31.9 Å². The largest absolute Gasteiger partial charge is 0.355 e. The van der Waals surface area contributed by atoms with E-state index in [0.717, 1.165) is 20.3 Å². The highest BCUT2D eigenvalue weighted by molar-refractivity contribution is 9.11. The Balaban J connectivity index is 2.59. The molecule has 0 aliphatic carbocycles. The minimum absolute atomic E-state index is 0.743. The molecule has 0 atom stereocenters. The molecule has 1 aromatic heterocycles. The third-order valence-electron chi connectivity index (χ3n) is 1.65. The summed E-state index contributed by atoms with van der Waals surface area (Å²) in [7, 11) is 0. The van der Waals surface area contributed by atoms with E-state index in [9.17, 15) is 0 Å². The molecule has 1 heterocycles. The summed E-state index contributed by atoms with van der Waals surface area (Å²) in [6, 6.07) is 7.84. The second kappa shape index (κ2) is 3.64. The van der Waals surface area contributed by atoms with Gasteiger partial charge in [0.15, 0.2) is 5.76 Å². The van der Waals surface area contributed by atoms with E-state index in [-0.39, 0.29) is 0 Å². The number of benzene rings is 1. The van der Waals surface area contributed by atoms with Crippen molar-refractivity contribution in [3.63, 3.8) is 0 Å². The summed E-state index contributed by atoms with van der Waals surface area (Å²) in [6.45, 7) is 0. The highest BCUT2D eigenvalue weighted by Gasteiger charge is 2.10. The summed E-state index contributed by atoms with van der Waals surface area (Å²) < 4.78 is 6.96. The van der Waals surface area contributed by atoms with Crippen molar-refractivity contribution in [3.8, 4) is 11.3 Å². The van der Waals surface area contributed by atoms with Crippen LogP contribution in [0.4, 0.5) is 0 Å². The monoisotopic (exact) mass is 301 g/mol. The first-order valence-electron chi connectivity index (χ1n) is 3.64. The lowest BCUT2D eigenvalue weighted by Gasteiger charge is -1.98. The van der Waals surface area contributed by atoms with E-state index in [4.69, 9.17) is 4.52 Å². The van der Waals surface area contributed by atoms with Gasteiger partial charge in [0.05, 0.1) is 10.7 Å². The van der Waals surface area contributed by atoms with E-state index in [1.807, 2.05) is 24.3 Å². The number of aromatic nitrogens is 1. The van der Waals surface area contributed by atoms with Crippen molar-refractivity contribution in [2.24, 2.45) is 0 Å². The standard InChI is InChI=1S/C9H5Br2NO/c10-7-4-2-1-3-6(7)9-8(11)5-12-13-9/h1-5H. The SMILES string of the molecule is Brc1ccccc1-c1oncc1Br. The first-order chi connectivity index (χ1) is 6.29. The van der Waals surface area contributed by atoms with Crippen molar-refractivity contribution in [1.82, 2.24) is 5.16 Å². The Kier molecular flexibility index (Phi) is 2.51. The molecule has 0 N–H and O–H groups in total. The Morgan fingerprint density at radius 1 is 1.08 bits per heavy atom. The molecule has 0 spiro atoms. The normalized spacial score (nSPS) is 10.3. The van der Waals surface area contributed by atoms with Crippen molar-refractivity contribution in [2.45, 2.75) is 0 Å². The van der Waals surface area contributed by atoms with Crippen LogP contribution in [0.15, 0.2) is 43.9 Å². The fourth-order valence-electron chi connectivity index (χ4n) is 1.05. The summed E-state index contributed by atoms with van der Waals surface area (Å²) >= 11 is 6.80. The predicted molar refractivity (Wildman–Crippen MR) is 57.3 cm³/mol. The Labute approximate surface area is 92.2 Å². The van der Waals surface area contributed by atoms with Crippen LogP contribution in [0.2, 0.25) is 0 Å². The van der Waals surface area contributed by atoms with Gasteiger partial charge in [-0.1, -0.05) is 33.2 Å². The van der Waals surface area contributed by atoms with Crippen LogP contribution in [0, 0.1) is 0 Å². The Hall–Kier alpha value is -0.610. The molecule has 4 heteroatoms. The summed E-state index contributed by atoms with van der Waals surface area (Å²) in [4.78, 5) is 0. The smallest absolute Gasteiger partial charge is 0.182 e. The van der Waals surface area contributed by atoms with Gasteiger partial charge in [0, 0.05) is 10.0 Å². The maximum absolute atomic E-state index is 5.10. The molecular weight excluding hydrogens is 298 g/mol. The van der Waals surface area contributed by atoms with Crippen molar-refractivity contribution < 1.29 is 4.52 Å². The van der Waals surface area contributed by atoms with Gasteiger partial charge in [-0.15, -0.1) is 0 Å². The lowest BCUT2D eigenvalue weighted by atomic mass is 10.2. The molecule has 0 amide bonds. The molecule has 66 valence electrons. The minimum atomic E-state index is 0.743. The molecule has 1 aromatic carbocycles. The van der Waals surface area contributed by atoms with E-state index in [1.54, 1.807) is 6.20 Å². The summed E-state index contributed by atoms with van der Waals surface area (Å²) in [5.74, 6) is 0.743. The molecule has 2 aromatic rings. The van der Waals surface area contributed by atoms with Gasteiger partial charge in [0.25, 0.3) is 0 Å². The Bertz CT molecular complexity index is 425. The van der Waals surface area contributed by atoms with Crippen molar-refractivity contribution in [1.29, 1.82) is 0 Å². The van der Waals surface area contributed by atoms with E-state index in [2.05, 4.69) is 37.0 Å². The average Bonchev–Trinajstić information content (AvgIpc) is 2.52. The third-order valence-corrected chi connectivity index (χ3v) is 2.90. The van der Waals surface area contributed by atoms with Crippen LogP contribution in [0.5, 0.6) is 0 Å². The van der Waals surface area contributed by atoms with Gasteiger partial charge >= 0.3 is 0 Å². The lowest BCUT2D eigenvalue weighted by Crippen LogP contribution is -1.76. The van der Waals surface area contributed by atoms with Crippen LogP contribution in [0.25, 0.3) is 11.3 Å². The zero-order valence-corrected chi connectivity index (χ0v) is 9.67. The van der Waals surface area contributed by atoms with Gasteiger partial charge in [0.2, 0.25) is 0 Å². The zero-order chi connectivity index (χ0) is 9.26. The second-order valence-electron chi connectivity index (χ2n) is 2.48. The molecule has 2 nitrogen and oxygen atoms in total. The zero-order valence-electron chi connectivity index (χ0n) is 6.50. The maximum atomic E-state index is 5.10. The number of nitrogens with zero attached hydrogens (tertiary/aromatic N) is 1. The van der Waals surface area contributed by atoms with Crippen LogP contribution in [-0.4, -0.2) is 5.16 Å². The Morgan fingerprint density at radius 2 is 1.85 bits per heavy atom. The number of hydrogen-bond donors (Lipinski definition) is 0. The summed E-state index contributed by atoms with van der Waals surface area (Å²) in [5.41, 5.74) is 0.992. The topological polar surface area (TPSA) is 26.0 Å². The van der Waals surface area contributed by atoms with Crippen LogP contribution in [0.3, 0.4) is 0 Å². The van der Waals surface area contributed by atoms with Gasteiger partial charge < -0.3 is 4.52 Å². The molecule has 13 heavy (non-hydrogen) atoms. The minimum Gasteiger partial charge on any atom is -0.355 e. The van der Waals surface area contributed by atoms with Gasteiger partial charge in [-0.25, -0.2) is 0 Å². The summed E-state index contributed by atoms with van der Waals surface area (Å²) in [6.07, 6.45) is 1.63. The highest BCUT2D eigenvalue weighted by atomic mass is 79.9. The number of rotatable bonds is 1. The van der Waals surface area contributed by atoms with Crippen molar-refractivity contribution in [2.75, 3.05) is 0 Å².